The SMILES string of the molecule is Cc1c(NC(=O)CN2C(=O)NC(C)(c3cccc(C(F)(F)F)c3)C2=O)cccc1[N+](=O)[O-]. The van der Waals surface area contributed by atoms with Crippen LogP contribution in [0, 0.1) is 17.0 Å². The van der Waals surface area contributed by atoms with Gasteiger partial charge in [-0.2, -0.15) is 13.2 Å². The predicted octanol–water partition coefficient (Wildman–Crippen LogP) is 3.33. The normalized spacial score (nSPS) is 18.5. The van der Waals surface area contributed by atoms with E-state index in [9.17, 15) is 37.7 Å². The Hall–Kier alpha value is -3.96. The van der Waals surface area contributed by atoms with Crippen LogP contribution < -0.4 is 10.6 Å². The third kappa shape index (κ3) is 4.11. The van der Waals surface area contributed by atoms with Crippen molar-refractivity contribution in [2.24, 2.45) is 0 Å². The van der Waals surface area contributed by atoms with E-state index in [2.05, 4.69) is 10.6 Å². The highest BCUT2D eigenvalue weighted by Crippen LogP contribution is 2.34. The molecule has 1 heterocycles. The van der Waals surface area contributed by atoms with E-state index in [1.165, 1.54) is 38.1 Å². The van der Waals surface area contributed by atoms with Gasteiger partial charge >= 0.3 is 12.2 Å². The van der Waals surface area contributed by atoms with Crippen molar-refractivity contribution in [3.63, 3.8) is 0 Å². The van der Waals surface area contributed by atoms with Gasteiger partial charge in [0.15, 0.2) is 0 Å². The molecule has 0 spiro atoms. The van der Waals surface area contributed by atoms with E-state index in [4.69, 9.17) is 0 Å². The minimum absolute atomic E-state index is 0.0943. The lowest BCUT2D eigenvalue weighted by atomic mass is 9.90. The molecule has 1 aliphatic heterocycles. The molecule has 4 amide bonds. The molecule has 1 unspecified atom stereocenters. The molecule has 1 saturated heterocycles. The Balaban J connectivity index is 1.81. The fourth-order valence-electron chi connectivity index (χ4n) is 3.33. The summed E-state index contributed by atoms with van der Waals surface area (Å²) in [6.45, 7) is 1.93. The Kier molecular flexibility index (Phi) is 5.64. The molecule has 1 aliphatic rings. The van der Waals surface area contributed by atoms with E-state index in [1.807, 2.05) is 0 Å². The lowest BCUT2D eigenvalue weighted by molar-refractivity contribution is -0.385. The molecule has 2 aromatic rings. The van der Waals surface area contributed by atoms with Crippen LogP contribution in [0.5, 0.6) is 0 Å². The molecule has 12 heteroatoms. The van der Waals surface area contributed by atoms with Crippen LogP contribution in [0.25, 0.3) is 0 Å². The molecule has 32 heavy (non-hydrogen) atoms. The van der Waals surface area contributed by atoms with Gasteiger partial charge in [-0.3, -0.25) is 24.6 Å². The largest absolute Gasteiger partial charge is 0.416 e. The van der Waals surface area contributed by atoms with E-state index in [0.29, 0.717) is 4.90 Å². The molecule has 0 radical (unpaired) electrons. The lowest BCUT2D eigenvalue weighted by Crippen LogP contribution is -2.42. The number of benzene rings is 2. The maximum Gasteiger partial charge on any atom is 0.416 e. The third-order valence-corrected chi connectivity index (χ3v) is 5.12. The summed E-state index contributed by atoms with van der Waals surface area (Å²) < 4.78 is 39.1. The highest BCUT2D eigenvalue weighted by Gasteiger charge is 2.50. The van der Waals surface area contributed by atoms with Gasteiger partial charge in [-0.25, -0.2) is 4.79 Å². The number of nitro groups is 1. The molecule has 1 atom stereocenters. The first kappa shape index (κ1) is 22.7. The van der Waals surface area contributed by atoms with Gasteiger partial charge < -0.3 is 10.6 Å². The van der Waals surface area contributed by atoms with Crippen molar-refractivity contribution in [2.75, 3.05) is 11.9 Å². The maximum atomic E-state index is 13.0. The molecule has 0 aromatic heterocycles. The summed E-state index contributed by atoms with van der Waals surface area (Å²) in [5, 5.41) is 15.8. The van der Waals surface area contributed by atoms with E-state index >= 15 is 0 Å². The number of hydrogen-bond donors (Lipinski definition) is 2. The van der Waals surface area contributed by atoms with Crippen LogP contribution in [-0.4, -0.2) is 34.2 Å². The molecule has 1 fully saturated rings. The molecule has 0 saturated carbocycles. The highest BCUT2D eigenvalue weighted by atomic mass is 19.4. The summed E-state index contributed by atoms with van der Waals surface area (Å²) in [5.74, 6) is -1.72. The molecule has 9 nitrogen and oxygen atoms in total. The number of anilines is 1. The Morgan fingerprint density at radius 3 is 2.50 bits per heavy atom. The van der Waals surface area contributed by atoms with Crippen molar-refractivity contribution in [1.82, 2.24) is 10.2 Å². The number of rotatable bonds is 5. The predicted molar refractivity (Wildman–Crippen MR) is 106 cm³/mol. The summed E-state index contributed by atoms with van der Waals surface area (Å²) in [4.78, 5) is 48.7. The monoisotopic (exact) mass is 450 g/mol. The Bertz CT molecular complexity index is 1130. The smallest absolute Gasteiger partial charge is 0.324 e. The molecule has 0 aliphatic carbocycles. The van der Waals surface area contributed by atoms with Gasteiger partial charge in [0, 0.05) is 6.07 Å². The lowest BCUT2D eigenvalue weighted by Gasteiger charge is -2.23. The number of imide groups is 1. The number of halogens is 3. The molecular weight excluding hydrogens is 433 g/mol. The quantitative estimate of drug-likeness (QED) is 0.411. The van der Waals surface area contributed by atoms with Crippen LogP contribution in [0.4, 0.5) is 29.3 Å². The molecule has 2 N–H and O–H groups in total. The van der Waals surface area contributed by atoms with Crippen LogP contribution in [0.2, 0.25) is 0 Å². The van der Waals surface area contributed by atoms with Gasteiger partial charge in [0.25, 0.3) is 11.6 Å². The van der Waals surface area contributed by atoms with Crippen molar-refractivity contribution < 1.29 is 32.5 Å². The van der Waals surface area contributed by atoms with E-state index < -0.39 is 46.6 Å². The summed E-state index contributed by atoms with van der Waals surface area (Å²) in [7, 11) is 0. The summed E-state index contributed by atoms with van der Waals surface area (Å²) in [5.41, 5.74) is -2.82. The topological polar surface area (TPSA) is 122 Å². The second kappa shape index (κ2) is 7.94. The molecule has 3 rings (SSSR count). The number of carbonyl (C=O) groups is 3. The van der Waals surface area contributed by atoms with Gasteiger partial charge in [-0.1, -0.05) is 18.2 Å². The molecule has 168 valence electrons. The fraction of sp³-hybridized carbons (Fsp3) is 0.250. The number of nitrogens with zero attached hydrogens (tertiary/aromatic N) is 2. The van der Waals surface area contributed by atoms with Gasteiger partial charge in [0.1, 0.15) is 12.1 Å². The number of urea groups is 1. The minimum atomic E-state index is -4.65. The molecule has 0 bridgehead atoms. The van der Waals surface area contributed by atoms with E-state index in [-0.39, 0.29) is 22.5 Å². The zero-order valence-electron chi connectivity index (χ0n) is 16.8. The summed E-state index contributed by atoms with van der Waals surface area (Å²) in [6.07, 6.45) is -4.65. The number of carbonyl (C=O) groups excluding carboxylic acids is 3. The van der Waals surface area contributed by atoms with Crippen molar-refractivity contribution in [3.8, 4) is 0 Å². The molecule has 2 aromatic carbocycles. The Labute approximate surface area is 179 Å². The zero-order valence-corrected chi connectivity index (χ0v) is 16.8. The van der Waals surface area contributed by atoms with Gasteiger partial charge in [0.05, 0.1) is 21.7 Å². The number of amides is 4. The van der Waals surface area contributed by atoms with Crippen LogP contribution in [0.1, 0.15) is 23.6 Å². The number of nitro benzene ring substituents is 1. The third-order valence-electron chi connectivity index (χ3n) is 5.12. The van der Waals surface area contributed by atoms with Crippen molar-refractivity contribution >= 4 is 29.2 Å². The number of nitrogens with one attached hydrogen (secondary N) is 2. The minimum Gasteiger partial charge on any atom is -0.324 e. The van der Waals surface area contributed by atoms with E-state index in [0.717, 1.165) is 18.2 Å². The van der Waals surface area contributed by atoms with Crippen molar-refractivity contribution in [3.05, 3.63) is 69.3 Å². The summed E-state index contributed by atoms with van der Waals surface area (Å²) >= 11 is 0. The molecular formula is C20H17F3N4O5. The van der Waals surface area contributed by atoms with Gasteiger partial charge in [0.2, 0.25) is 5.91 Å². The highest BCUT2D eigenvalue weighted by molar-refractivity contribution is 6.10. The van der Waals surface area contributed by atoms with Crippen LogP contribution >= 0.6 is 0 Å². The van der Waals surface area contributed by atoms with Crippen LogP contribution in [0.3, 0.4) is 0 Å². The van der Waals surface area contributed by atoms with Gasteiger partial charge in [-0.05, 0) is 37.6 Å². The first-order valence-electron chi connectivity index (χ1n) is 9.20. The van der Waals surface area contributed by atoms with Crippen LogP contribution in [0.15, 0.2) is 42.5 Å². The first-order chi connectivity index (χ1) is 14.8. The second-order valence-corrected chi connectivity index (χ2v) is 7.28. The number of hydrogen-bond acceptors (Lipinski definition) is 5. The second-order valence-electron chi connectivity index (χ2n) is 7.28. The summed E-state index contributed by atoms with van der Waals surface area (Å²) in [6, 6.07) is 7.05. The average Bonchev–Trinajstić information content (AvgIpc) is 2.93. The standard InChI is InChI=1S/C20H17F3N4O5/c1-11-14(7-4-8-15(11)27(31)32)24-16(28)10-26-17(29)19(2,25-18(26)30)12-5-3-6-13(9-12)20(21,22)23/h3-9H,10H2,1-2H3,(H,24,28)(H,25,30). The zero-order chi connectivity index (χ0) is 23.8. The Morgan fingerprint density at radius 1 is 1.22 bits per heavy atom. The van der Waals surface area contributed by atoms with E-state index in [1.54, 1.807) is 0 Å². The van der Waals surface area contributed by atoms with Gasteiger partial charge in [-0.15, -0.1) is 0 Å². The maximum absolute atomic E-state index is 13.0. The van der Waals surface area contributed by atoms with Crippen LogP contribution in [-0.2, 0) is 21.3 Å². The average molecular weight is 450 g/mol. The number of alkyl halides is 3. The van der Waals surface area contributed by atoms with Crippen molar-refractivity contribution in [2.45, 2.75) is 25.6 Å². The van der Waals surface area contributed by atoms with Crippen molar-refractivity contribution in [1.29, 1.82) is 0 Å². The Morgan fingerprint density at radius 2 is 1.88 bits per heavy atom. The first-order valence-corrected chi connectivity index (χ1v) is 9.20. The fourth-order valence-corrected chi connectivity index (χ4v) is 3.33.